The van der Waals surface area contributed by atoms with Crippen LogP contribution in [0.25, 0.3) is 10.8 Å². The number of furan rings is 1. The first-order chi connectivity index (χ1) is 13.1. The number of nitrogens with zero attached hydrogens (tertiary/aromatic N) is 2. The van der Waals surface area contributed by atoms with E-state index in [1.165, 1.54) is 11.3 Å². The maximum absolute atomic E-state index is 14.3. The number of aromatic nitrogens is 1. The second kappa shape index (κ2) is 7.48. The molecule has 1 aromatic carbocycles. The highest BCUT2D eigenvalue weighted by Gasteiger charge is 2.21. The summed E-state index contributed by atoms with van der Waals surface area (Å²) in [5.41, 5.74) is 0.644. The van der Waals surface area contributed by atoms with Gasteiger partial charge in [0.15, 0.2) is 22.4 Å². The highest BCUT2D eigenvalue weighted by Crippen LogP contribution is 2.30. The number of hydrogen-bond donors (Lipinski definition) is 1. The van der Waals surface area contributed by atoms with Crippen molar-refractivity contribution in [1.82, 2.24) is 4.98 Å². The van der Waals surface area contributed by atoms with E-state index in [0.29, 0.717) is 29.6 Å². The van der Waals surface area contributed by atoms with Gasteiger partial charge in [-0.2, -0.15) is 0 Å². The molecule has 140 valence electrons. The molecule has 5 nitrogen and oxygen atoms in total. The van der Waals surface area contributed by atoms with Gasteiger partial charge in [-0.15, -0.1) is 11.3 Å². The number of amides is 1. The first-order valence-corrected chi connectivity index (χ1v) is 9.50. The molecule has 3 aromatic rings. The van der Waals surface area contributed by atoms with Crippen LogP contribution in [0.4, 0.5) is 20.2 Å². The molecule has 0 atom stereocenters. The first kappa shape index (κ1) is 17.7. The number of anilines is 2. The van der Waals surface area contributed by atoms with Crippen LogP contribution in [-0.2, 0) is 11.2 Å². The van der Waals surface area contributed by atoms with Gasteiger partial charge in [-0.3, -0.25) is 4.79 Å². The van der Waals surface area contributed by atoms with Crippen LogP contribution in [0.15, 0.2) is 40.3 Å². The van der Waals surface area contributed by atoms with E-state index >= 15 is 0 Å². The van der Waals surface area contributed by atoms with E-state index in [4.69, 9.17) is 4.42 Å². The predicted octanol–water partition coefficient (Wildman–Crippen LogP) is 4.46. The number of halogens is 2. The summed E-state index contributed by atoms with van der Waals surface area (Å²) in [5, 5.41) is 4.97. The van der Waals surface area contributed by atoms with Crippen molar-refractivity contribution in [3.63, 3.8) is 0 Å². The Hall–Kier alpha value is -2.74. The van der Waals surface area contributed by atoms with Crippen LogP contribution in [0, 0.1) is 11.6 Å². The fourth-order valence-electron chi connectivity index (χ4n) is 3.15. The van der Waals surface area contributed by atoms with Crippen LogP contribution >= 0.6 is 11.3 Å². The highest BCUT2D eigenvalue weighted by molar-refractivity contribution is 7.13. The third-order valence-corrected chi connectivity index (χ3v) is 5.25. The van der Waals surface area contributed by atoms with Gasteiger partial charge in [0.25, 0.3) is 0 Å². The molecule has 1 fully saturated rings. The Bertz CT molecular complexity index is 927. The highest BCUT2D eigenvalue weighted by atomic mass is 32.1. The van der Waals surface area contributed by atoms with Gasteiger partial charge in [-0.25, -0.2) is 13.8 Å². The lowest BCUT2D eigenvalue weighted by Gasteiger charge is -2.19. The van der Waals surface area contributed by atoms with Gasteiger partial charge < -0.3 is 14.6 Å². The van der Waals surface area contributed by atoms with Crippen molar-refractivity contribution in [3.05, 3.63) is 53.2 Å². The van der Waals surface area contributed by atoms with Crippen LogP contribution < -0.4 is 10.2 Å². The van der Waals surface area contributed by atoms with E-state index in [1.54, 1.807) is 28.7 Å². The molecule has 0 aliphatic carbocycles. The van der Waals surface area contributed by atoms with Gasteiger partial charge in [-0.05, 0) is 37.1 Å². The van der Waals surface area contributed by atoms with E-state index in [9.17, 15) is 13.6 Å². The first-order valence-electron chi connectivity index (χ1n) is 8.62. The van der Waals surface area contributed by atoms with Gasteiger partial charge in [-0.1, -0.05) is 0 Å². The number of thiazole rings is 1. The second-order valence-corrected chi connectivity index (χ2v) is 7.19. The van der Waals surface area contributed by atoms with E-state index < -0.39 is 11.6 Å². The zero-order valence-electron chi connectivity index (χ0n) is 14.4. The molecule has 0 spiro atoms. The molecule has 4 rings (SSSR count). The lowest BCUT2D eigenvalue weighted by atomic mass is 10.2. The Labute approximate surface area is 158 Å². The largest absolute Gasteiger partial charge is 0.462 e. The summed E-state index contributed by atoms with van der Waals surface area (Å²) in [6.45, 7) is 1.28. The van der Waals surface area contributed by atoms with Crippen LogP contribution in [0.5, 0.6) is 0 Å². The van der Waals surface area contributed by atoms with Crippen molar-refractivity contribution >= 4 is 28.6 Å². The van der Waals surface area contributed by atoms with Gasteiger partial charge in [0.05, 0.1) is 18.4 Å². The summed E-state index contributed by atoms with van der Waals surface area (Å²) >= 11 is 1.37. The molecule has 0 unspecified atom stereocenters. The van der Waals surface area contributed by atoms with Gasteiger partial charge in [0, 0.05) is 24.2 Å². The van der Waals surface area contributed by atoms with Crippen LogP contribution in [0.3, 0.4) is 0 Å². The Morgan fingerprint density at radius 2 is 2.00 bits per heavy atom. The molecule has 1 saturated heterocycles. The molecule has 3 heterocycles. The molecule has 1 N–H and O–H groups in total. The standard InChI is InChI=1S/C19H17F2N3O2S/c20-14-8-12(9-15(21)18(14)24-5-1-2-6-24)22-17(25)10-13-11-27-19(23-13)16-4-3-7-26-16/h3-4,7-9,11H,1-2,5-6,10H2,(H,22,25). The van der Waals surface area contributed by atoms with Crippen LogP contribution in [0.1, 0.15) is 18.5 Å². The molecule has 2 aromatic heterocycles. The molecule has 27 heavy (non-hydrogen) atoms. The minimum Gasteiger partial charge on any atom is -0.462 e. The SMILES string of the molecule is O=C(Cc1csc(-c2ccco2)n1)Nc1cc(F)c(N2CCCC2)c(F)c1. The van der Waals surface area contributed by atoms with Gasteiger partial charge in [0.2, 0.25) is 5.91 Å². The number of carbonyl (C=O) groups is 1. The zero-order valence-corrected chi connectivity index (χ0v) is 15.2. The summed E-state index contributed by atoms with van der Waals surface area (Å²) < 4.78 is 34.0. The average Bonchev–Trinajstić information content (AvgIpc) is 3.36. The predicted molar refractivity (Wildman–Crippen MR) is 100.0 cm³/mol. The third kappa shape index (κ3) is 3.85. The molecule has 1 amide bonds. The Morgan fingerprint density at radius 3 is 2.67 bits per heavy atom. The molecule has 8 heteroatoms. The lowest BCUT2D eigenvalue weighted by molar-refractivity contribution is -0.115. The minimum atomic E-state index is -0.666. The summed E-state index contributed by atoms with van der Waals surface area (Å²) in [6.07, 6.45) is 3.41. The Balaban J connectivity index is 1.43. The normalized spacial score (nSPS) is 13.9. The quantitative estimate of drug-likeness (QED) is 0.700. The molecule has 1 aliphatic rings. The van der Waals surface area contributed by atoms with E-state index in [-0.39, 0.29) is 23.7 Å². The monoisotopic (exact) mass is 389 g/mol. The number of carbonyl (C=O) groups excluding carboxylic acids is 1. The molecule has 0 saturated carbocycles. The number of hydrogen-bond acceptors (Lipinski definition) is 5. The van der Waals surface area contributed by atoms with E-state index in [1.807, 2.05) is 0 Å². The van der Waals surface area contributed by atoms with Gasteiger partial charge >= 0.3 is 0 Å². The number of benzene rings is 1. The Kier molecular flexibility index (Phi) is 4.89. The fraction of sp³-hybridized carbons (Fsp3) is 0.263. The smallest absolute Gasteiger partial charge is 0.230 e. The second-order valence-electron chi connectivity index (χ2n) is 6.33. The zero-order chi connectivity index (χ0) is 18.8. The number of nitrogens with one attached hydrogen (secondary N) is 1. The van der Waals surface area contributed by atoms with E-state index in [0.717, 1.165) is 25.0 Å². The van der Waals surface area contributed by atoms with Crippen molar-refractivity contribution in [1.29, 1.82) is 0 Å². The molecule has 0 bridgehead atoms. The van der Waals surface area contributed by atoms with Crippen molar-refractivity contribution in [3.8, 4) is 10.8 Å². The van der Waals surface area contributed by atoms with Crippen molar-refractivity contribution in [2.45, 2.75) is 19.3 Å². The van der Waals surface area contributed by atoms with Crippen molar-refractivity contribution in [2.75, 3.05) is 23.3 Å². The number of rotatable bonds is 5. The van der Waals surface area contributed by atoms with Crippen molar-refractivity contribution in [2.24, 2.45) is 0 Å². The fourth-order valence-corrected chi connectivity index (χ4v) is 3.94. The summed E-state index contributed by atoms with van der Waals surface area (Å²) in [5.74, 6) is -1.09. The maximum atomic E-state index is 14.3. The minimum absolute atomic E-state index is 0.00826. The molecular formula is C19H17F2N3O2S. The lowest BCUT2D eigenvalue weighted by Crippen LogP contribution is -2.21. The molecular weight excluding hydrogens is 372 g/mol. The third-order valence-electron chi connectivity index (χ3n) is 4.35. The summed E-state index contributed by atoms with van der Waals surface area (Å²) in [6, 6.07) is 5.86. The van der Waals surface area contributed by atoms with Crippen molar-refractivity contribution < 1.29 is 18.0 Å². The molecule has 0 radical (unpaired) electrons. The summed E-state index contributed by atoms with van der Waals surface area (Å²) in [7, 11) is 0. The van der Waals surface area contributed by atoms with E-state index in [2.05, 4.69) is 10.3 Å². The topological polar surface area (TPSA) is 58.4 Å². The van der Waals surface area contributed by atoms with Crippen LogP contribution in [0.2, 0.25) is 0 Å². The summed E-state index contributed by atoms with van der Waals surface area (Å²) in [4.78, 5) is 18.3. The van der Waals surface area contributed by atoms with Gasteiger partial charge in [0.1, 0.15) is 5.69 Å². The molecule has 1 aliphatic heterocycles. The van der Waals surface area contributed by atoms with Crippen LogP contribution in [-0.4, -0.2) is 24.0 Å². The average molecular weight is 389 g/mol. The maximum Gasteiger partial charge on any atom is 0.230 e. The Morgan fingerprint density at radius 1 is 1.26 bits per heavy atom.